The molecule has 0 atom stereocenters. The van der Waals surface area contributed by atoms with Gasteiger partial charge in [0.25, 0.3) is 0 Å². The van der Waals surface area contributed by atoms with Crippen molar-refractivity contribution in [3.05, 3.63) is 54.6 Å². The smallest absolute Gasteiger partial charge is 0.227 e. The van der Waals surface area contributed by atoms with E-state index >= 15 is 0 Å². The van der Waals surface area contributed by atoms with E-state index in [2.05, 4.69) is 72.8 Å². The summed E-state index contributed by atoms with van der Waals surface area (Å²) in [5.41, 5.74) is 4.83. The Labute approximate surface area is 136 Å². The van der Waals surface area contributed by atoms with Gasteiger partial charge < -0.3 is 14.2 Å². The van der Waals surface area contributed by atoms with Crippen molar-refractivity contribution in [2.75, 3.05) is 4.90 Å². The number of nitrogens with zero attached hydrogens (tertiary/aromatic N) is 3. The minimum Gasteiger partial charge on any atom is -0.435 e. The molecule has 4 rings (SSSR count). The van der Waals surface area contributed by atoms with Crippen LogP contribution < -0.4 is 4.90 Å². The van der Waals surface area contributed by atoms with E-state index < -0.39 is 0 Å². The second-order valence-corrected chi connectivity index (χ2v) is 6.38. The Morgan fingerprint density at radius 2 is 1.78 bits per heavy atom. The van der Waals surface area contributed by atoms with Crippen LogP contribution in [0, 0.1) is 20.5 Å². The number of furan rings is 1. The summed E-state index contributed by atoms with van der Waals surface area (Å²) >= 11 is 0. The molecule has 1 aliphatic rings. The van der Waals surface area contributed by atoms with Gasteiger partial charge in [-0.3, -0.25) is 0 Å². The first-order valence-electron chi connectivity index (χ1n) is 7.93. The van der Waals surface area contributed by atoms with Crippen LogP contribution in [0.5, 0.6) is 0 Å². The Bertz CT molecular complexity index is 923. The lowest BCUT2D eigenvalue weighted by Crippen LogP contribution is -2.25. The van der Waals surface area contributed by atoms with E-state index in [-0.39, 0.29) is 0 Å². The van der Waals surface area contributed by atoms with Crippen LogP contribution in [0.2, 0.25) is 0 Å². The zero-order chi connectivity index (χ0) is 16.1. The second-order valence-electron chi connectivity index (χ2n) is 6.38. The lowest BCUT2D eigenvalue weighted by atomic mass is 10.1. The quantitative estimate of drug-likeness (QED) is 0.686. The first-order chi connectivity index (χ1) is 11.0. The van der Waals surface area contributed by atoms with Gasteiger partial charge in [0.1, 0.15) is 6.67 Å². The van der Waals surface area contributed by atoms with Crippen molar-refractivity contribution in [1.29, 1.82) is 0 Å². The van der Waals surface area contributed by atoms with E-state index in [1.807, 2.05) is 13.0 Å². The van der Waals surface area contributed by atoms with Crippen molar-refractivity contribution in [3.8, 4) is 0 Å². The summed E-state index contributed by atoms with van der Waals surface area (Å²) in [6.07, 6.45) is 4.17. The van der Waals surface area contributed by atoms with Gasteiger partial charge in [0.15, 0.2) is 5.58 Å². The van der Waals surface area contributed by atoms with Crippen molar-refractivity contribution < 1.29 is 4.42 Å². The average molecular weight is 306 g/mol. The fraction of sp³-hybridized carbons (Fsp3) is 0.263. The van der Waals surface area contributed by atoms with Gasteiger partial charge in [-0.1, -0.05) is 12.1 Å². The molecule has 0 saturated heterocycles. The monoisotopic (exact) mass is 306 g/mol. The summed E-state index contributed by atoms with van der Waals surface area (Å²) in [6, 6.07) is 8.81. The molecule has 23 heavy (non-hydrogen) atoms. The Hall–Kier alpha value is -2.49. The van der Waals surface area contributed by atoms with E-state index in [0.717, 1.165) is 27.7 Å². The normalized spacial score (nSPS) is 14.8. The van der Waals surface area contributed by atoms with Crippen molar-refractivity contribution in [1.82, 2.24) is 9.88 Å². The van der Waals surface area contributed by atoms with E-state index in [1.165, 1.54) is 5.56 Å². The maximum absolute atomic E-state index is 6.13. The summed E-state index contributed by atoms with van der Waals surface area (Å²) in [5.74, 6) is 0. The van der Waals surface area contributed by atoms with Crippen LogP contribution >= 0.6 is 0 Å². The van der Waals surface area contributed by atoms with Crippen molar-refractivity contribution in [2.24, 2.45) is 0 Å². The molecule has 0 amide bonds. The molecule has 1 aromatic carbocycles. The molecule has 0 bridgehead atoms. The SMILES string of the molecule is Cc1ccc2c(n1)oc1c(N3[CH]N(C(C)C)C=C3)c(C)ccc12. The summed E-state index contributed by atoms with van der Waals surface area (Å²) in [5, 5.41) is 2.17. The van der Waals surface area contributed by atoms with Gasteiger partial charge in [-0.2, -0.15) is 0 Å². The van der Waals surface area contributed by atoms with Gasteiger partial charge in [-0.05, 0) is 45.4 Å². The van der Waals surface area contributed by atoms with Gasteiger partial charge in [0.05, 0.1) is 5.69 Å². The molecule has 0 unspecified atom stereocenters. The zero-order valence-electron chi connectivity index (χ0n) is 13.9. The number of fused-ring (bicyclic) bond motifs is 3. The number of pyridine rings is 1. The van der Waals surface area contributed by atoms with E-state index in [0.29, 0.717) is 11.8 Å². The number of benzene rings is 1. The maximum atomic E-state index is 6.13. The average Bonchev–Trinajstić information content (AvgIpc) is 3.10. The van der Waals surface area contributed by atoms with E-state index in [9.17, 15) is 0 Å². The minimum absolute atomic E-state index is 0.427. The Kier molecular flexibility index (Phi) is 3.08. The highest BCUT2D eigenvalue weighted by atomic mass is 16.3. The Morgan fingerprint density at radius 3 is 2.52 bits per heavy atom. The molecule has 0 fully saturated rings. The van der Waals surface area contributed by atoms with Crippen molar-refractivity contribution >= 4 is 27.8 Å². The molecule has 117 valence electrons. The predicted molar refractivity (Wildman–Crippen MR) is 93.9 cm³/mol. The summed E-state index contributed by atoms with van der Waals surface area (Å²) in [6.45, 7) is 10.5. The molecule has 0 aliphatic carbocycles. The van der Waals surface area contributed by atoms with Gasteiger partial charge in [0, 0.05) is 34.9 Å². The highest BCUT2D eigenvalue weighted by Crippen LogP contribution is 2.38. The summed E-state index contributed by atoms with van der Waals surface area (Å²) in [4.78, 5) is 8.85. The third kappa shape index (κ3) is 2.17. The van der Waals surface area contributed by atoms with Crippen molar-refractivity contribution in [2.45, 2.75) is 33.7 Å². The summed E-state index contributed by atoms with van der Waals surface area (Å²) in [7, 11) is 0. The van der Waals surface area contributed by atoms with Crippen LogP contribution in [0.15, 0.2) is 41.1 Å². The second kappa shape index (κ2) is 5.01. The van der Waals surface area contributed by atoms with Crippen LogP contribution in [0.1, 0.15) is 25.1 Å². The molecule has 4 nitrogen and oxygen atoms in total. The largest absolute Gasteiger partial charge is 0.435 e. The standard InChI is InChI=1S/C19H20N3O/c1-12(2)21-9-10-22(11-21)17-13(3)5-7-15-16-8-6-14(4)20-19(16)23-18(15)17/h5-12H,1-4H3. The first-order valence-corrected chi connectivity index (χ1v) is 7.93. The molecule has 4 heteroatoms. The lowest BCUT2D eigenvalue weighted by Gasteiger charge is -2.24. The van der Waals surface area contributed by atoms with Crippen LogP contribution in [0.25, 0.3) is 22.1 Å². The first kappa shape index (κ1) is 14.1. The molecule has 0 spiro atoms. The van der Waals surface area contributed by atoms with Crippen molar-refractivity contribution in [3.63, 3.8) is 0 Å². The molecular formula is C19H20N3O. The highest BCUT2D eigenvalue weighted by molar-refractivity contribution is 6.08. The minimum atomic E-state index is 0.427. The third-order valence-corrected chi connectivity index (χ3v) is 4.33. The number of hydrogen-bond acceptors (Lipinski definition) is 4. The van der Waals surface area contributed by atoms with Crippen LogP contribution in [-0.4, -0.2) is 15.9 Å². The Balaban J connectivity index is 1.91. The maximum Gasteiger partial charge on any atom is 0.227 e. The summed E-state index contributed by atoms with van der Waals surface area (Å²) < 4.78 is 6.13. The van der Waals surface area contributed by atoms with E-state index in [1.54, 1.807) is 0 Å². The number of rotatable bonds is 2. The third-order valence-electron chi connectivity index (χ3n) is 4.33. The zero-order valence-corrected chi connectivity index (χ0v) is 13.9. The molecule has 3 heterocycles. The van der Waals surface area contributed by atoms with Gasteiger partial charge in [-0.15, -0.1) is 0 Å². The van der Waals surface area contributed by atoms with Crippen LogP contribution in [0.4, 0.5) is 5.69 Å². The lowest BCUT2D eigenvalue weighted by molar-refractivity contribution is 0.387. The molecule has 1 radical (unpaired) electrons. The number of aryl methyl sites for hydroxylation is 2. The number of aromatic nitrogens is 1. The fourth-order valence-corrected chi connectivity index (χ4v) is 3.03. The van der Waals surface area contributed by atoms with Crippen LogP contribution in [0.3, 0.4) is 0 Å². The molecule has 2 aromatic heterocycles. The fourth-order valence-electron chi connectivity index (χ4n) is 3.03. The topological polar surface area (TPSA) is 32.5 Å². The van der Waals surface area contributed by atoms with Gasteiger partial charge >= 0.3 is 0 Å². The highest BCUT2D eigenvalue weighted by Gasteiger charge is 2.23. The molecule has 0 saturated carbocycles. The van der Waals surface area contributed by atoms with Gasteiger partial charge in [0.2, 0.25) is 5.71 Å². The number of hydrogen-bond donors (Lipinski definition) is 0. The molecule has 1 aliphatic heterocycles. The molecular weight excluding hydrogens is 286 g/mol. The Morgan fingerprint density at radius 1 is 1.00 bits per heavy atom. The molecule has 0 N–H and O–H groups in total. The predicted octanol–water partition coefficient (Wildman–Crippen LogP) is 4.72. The van der Waals surface area contributed by atoms with Gasteiger partial charge in [-0.25, -0.2) is 4.98 Å². The van der Waals surface area contributed by atoms with E-state index in [4.69, 9.17) is 4.42 Å². The number of anilines is 1. The molecule has 3 aromatic rings. The van der Waals surface area contributed by atoms with Crippen LogP contribution in [-0.2, 0) is 0 Å².